The van der Waals surface area contributed by atoms with Crippen LogP contribution >= 0.6 is 11.3 Å². The van der Waals surface area contributed by atoms with E-state index in [2.05, 4.69) is 11.4 Å². The van der Waals surface area contributed by atoms with E-state index < -0.39 is 0 Å². The fourth-order valence-electron chi connectivity index (χ4n) is 3.00. The van der Waals surface area contributed by atoms with E-state index in [0.29, 0.717) is 12.6 Å². The Morgan fingerprint density at radius 2 is 2.05 bits per heavy atom. The summed E-state index contributed by atoms with van der Waals surface area (Å²) in [7, 11) is 1.70. The van der Waals surface area contributed by atoms with E-state index in [0.717, 1.165) is 27.0 Å². The van der Waals surface area contributed by atoms with Crippen molar-refractivity contribution >= 4 is 16.3 Å². The Morgan fingerprint density at radius 3 is 2.77 bits per heavy atom. The SMILES string of the molecule is COc1ccccc1-c1nc(CN)sc1NC1CCCCC1. The van der Waals surface area contributed by atoms with Crippen LogP contribution < -0.4 is 15.8 Å². The third-order valence-corrected chi connectivity index (χ3v) is 5.16. The van der Waals surface area contributed by atoms with Crippen LogP contribution in [0.4, 0.5) is 5.00 Å². The molecule has 0 unspecified atom stereocenters. The second-order valence-corrected chi connectivity index (χ2v) is 6.75. The van der Waals surface area contributed by atoms with Crippen LogP contribution in [0.25, 0.3) is 11.3 Å². The number of methoxy groups -OCH3 is 1. The van der Waals surface area contributed by atoms with Gasteiger partial charge in [-0.2, -0.15) is 0 Å². The van der Waals surface area contributed by atoms with Crippen molar-refractivity contribution in [1.82, 2.24) is 4.98 Å². The van der Waals surface area contributed by atoms with E-state index in [1.54, 1.807) is 18.4 Å². The number of anilines is 1. The highest BCUT2D eigenvalue weighted by Gasteiger charge is 2.20. The predicted molar refractivity (Wildman–Crippen MR) is 92.5 cm³/mol. The fraction of sp³-hybridized carbons (Fsp3) is 0.471. The van der Waals surface area contributed by atoms with Crippen molar-refractivity contribution in [1.29, 1.82) is 0 Å². The van der Waals surface area contributed by atoms with Crippen molar-refractivity contribution in [3.63, 3.8) is 0 Å². The van der Waals surface area contributed by atoms with Crippen molar-refractivity contribution in [2.75, 3.05) is 12.4 Å². The summed E-state index contributed by atoms with van der Waals surface area (Å²) in [6.07, 6.45) is 6.45. The summed E-state index contributed by atoms with van der Waals surface area (Å²) in [6, 6.07) is 8.58. The lowest BCUT2D eigenvalue weighted by molar-refractivity contribution is 0.416. The molecule has 4 nitrogen and oxygen atoms in total. The van der Waals surface area contributed by atoms with Gasteiger partial charge in [0.25, 0.3) is 0 Å². The van der Waals surface area contributed by atoms with Gasteiger partial charge < -0.3 is 15.8 Å². The lowest BCUT2D eigenvalue weighted by Gasteiger charge is -2.23. The summed E-state index contributed by atoms with van der Waals surface area (Å²) in [4.78, 5) is 4.72. The van der Waals surface area contributed by atoms with Gasteiger partial charge in [-0.15, -0.1) is 0 Å². The van der Waals surface area contributed by atoms with Gasteiger partial charge in [0.2, 0.25) is 0 Å². The Labute approximate surface area is 135 Å². The molecule has 1 heterocycles. The highest BCUT2D eigenvalue weighted by atomic mass is 32.1. The number of nitrogens with two attached hydrogens (primary N) is 1. The smallest absolute Gasteiger partial charge is 0.128 e. The van der Waals surface area contributed by atoms with E-state index in [1.165, 1.54) is 32.1 Å². The second-order valence-electron chi connectivity index (χ2n) is 5.67. The molecule has 3 N–H and O–H groups in total. The molecule has 3 rings (SSSR count). The lowest BCUT2D eigenvalue weighted by Crippen LogP contribution is -2.21. The van der Waals surface area contributed by atoms with Gasteiger partial charge in [0.1, 0.15) is 21.5 Å². The van der Waals surface area contributed by atoms with Gasteiger partial charge in [-0.25, -0.2) is 4.98 Å². The number of aromatic nitrogens is 1. The molecule has 1 fully saturated rings. The van der Waals surface area contributed by atoms with Crippen molar-refractivity contribution in [3.05, 3.63) is 29.3 Å². The number of benzene rings is 1. The third kappa shape index (κ3) is 3.25. The van der Waals surface area contributed by atoms with Crippen molar-refractivity contribution in [2.45, 2.75) is 44.7 Å². The number of nitrogens with zero attached hydrogens (tertiary/aromatic N) is 1. The zero-order valence-corrected chi connectivity index (χ0v) is 13.8. The summed E-state index contributed by atoms with van der Waals surface area (Å²) < 4.78 is 5.49. The third-order valence-electron chi connectivity index (χ3n) is 4.15. The molecular weight excluding hydrogens is 294 g/mol. The van der Waals surface area contributed by atoms with Crippen molar-refractivity contribution < 1.29 is 4.74 Å². The molecule has 0 amide bonds. The number of hydrogen-bond donors (Lipinski definition) is 2. The van der Waals surface area contributed by atoms with Gasteiger partial charge in [0, 0.05) is 18.2 Å². The molecule has 2 aromatic rings. The summed E-state index contributed by atoms with van der Waals surface area (Å²) >= 11 is 1.66. The first-order chi connectivity index (χ1) is 10.8. The molecule has 5 heteroatoms. The van der Waals surface area contributed by atoms with Crippen LogP contribution in [-0.4, -0.2) is 18.1 Å². The number of ether oxygens (including phenoxy) is 1. The van der Waals surface area contributed by atoms with Gasteiger partial charge in [-0.3, -0.25) is 0 Å². The largest absolute Gasteiger partial charge is 0.496 e. The Morgan fingerprint density at radius 1 is 1.27 bits per heavy atom. The molecule has 1 aromatic carbocycles. The minimum absolute atomic E-state index is 0.471. The Kier molecular flexibility index (Phi) is 4.95. The van der Waals surface area contributed by atoms with Crippen LogP contribution in [0.1, 0.15) is 37.1 Å². The van der Waals surface area contributed by atoms with Crippen molar-refractivity contribution in [2.24, 2.45) is 5.73 Å². The monoisotopic (exact) mass is 317 g/mol. The van der Waals surface area contributed by atoms with Gasteiger partial charge in [-0.05, 0) is 25.0 Å². The molecule has 1 saturated carbocycles. The van der Waals surface area contributed by atoms with Crippen LogP contribution in [-0.2, 0) is 6.54 Å². The van der Waals surface area contributed by atoms with Gasteiger partial charge in [0.15, 0.2) is 0 Å². The minimum atomic E-state index is 0.471. The average Bonchev–Trinajstić information content (AvgIpc) is 2.98. The zero-order chi connectivity index (χ0) is 15.4. The van der Waals surface area contributed by atoms with Crippen LogP contribution in [0.5, 0.6) is 5.75 Å². The summed E-state index contributed by atoms with van der Waals surface area (Å²) in [5, 5.41) is 5.78. The van der Waals surface area contributed by atoms with E-state index in [4.69, 9.17) is 15.5 Å². The van der Waals surface area contributed by atoms with Gasteiger partial charge in [0.05, 0.1) is 7.11 Å². The summed E-state index contributed by atoms with van der Waals surface area (Å²) in [5.74, 6) is 0.850. The van der Waals surface area contributed by atoms with Crippen LogP contribution in [0.15, 0.2) is 24.3 Å². The van der Waals surface area contributed by atoms with Gasteiger partial charge >= 0.3 is 0 Å². The molecule has 0 spiro atoms. The highest BCUT2D eigenvalue weighted by molar-refractivity contribution is 7.16. The highest BCUT2D eigenvalue weighted by Crippen LogP contribution is 2.39. The van der Waals surface area contributed by atoms with Crippen LogP contribution in [0.2, 0.25) is 0 Å². The Hall–Kier alpha value is -1.59. The first-order valence-electron chi connectivity index (χ1n) is 7.91. The van der Waals surface area contributed by atoms with Crippen LogP contribution in [0.3, 0.4) is 0 Å². The molecule has 22 heavy (non-hydrogen) atoms. The standard InChI is InChI=1S/C17H23N3OS/c1-21-14-10-6-5-9-13(14)16-17(22-15(11-18)20-16)19-12-7-3-2-4-8-12/h5-6,9-10,12,19H,2-4,7-8,11,18H2,1H3. The molecule has 1 aromatic heterocycles. The number of rotatable bonds is 5. The first-order valence-corrected chi connectivity index (χ1v) is 8.73. The van der Waals surface area contributed by atoms with Crippen LogP contribution in [0, 0.1) is 0 Å². The van der Waals surface area contributed by atoms with E-state index in [1.807, 2.05) is 18.2 Å². The topological polar surface area (TPSA) is 60.2 Å². The molecule has 118 valence electrons. The average molecular weight is 317 g/mol. The quantitative estimate of drug-likeness (QED) is 0.874. The molecule has 0 bridgehead atoms. The number of nitrogens with one attached hydrogen (secondary N) is 1. The van der Waals surface area contributed by atoms with Gasteiger partial charge in [-0.1, -0.05) is 42.7 Å². The zero-order valence-electron chi connectivity index (χ0n) is 13.0. The maximum absolute atomic E-state index is 5.80. The molecule has 0 atom stereocenters. The van der Waals surface area contributed by atoms with E-state index >= 15 is 0 Å². The maximum atomic E-state index is 5.80. The number of hydrogen-bond acceptors (Lipinski definition) is 5. The minimum Gasteiger partial charge on any atom is -0.496 e. The first kappa shape index (κ1) is 15.3. The molecule has 1 aliphatic carbocycles. The lowest BCUT2D eigenvalue weighted by atomic mass is 9.95. The Balaban J connectivity index is 1.93. The molecule has 1 aliphatic rings. The number of thiazole rings is 1. The second kappa shape index (κ2) is 7.11. The maximum Gasteiger partial charge on any atom is 0.128 e. The van der Waals surface area contributed by atoms with E-state index in [9.17, 15) is 0 Å². The number of para-hydroxylation sites is 1. The summed E-state index contributed by atoms with van der Waals surface area (Å²) in [5.41, 5.74) is 7.80. The van der Waals surface area contributed by atoms with Crippen molar-refractivity contribution in [3.8, 4) is 17.0 Å². The summed E-state index contributed by atoms with van der Waals surface area (Å²) in [6.45, 7) is 0.471. The molecule has 0 radical (unpaired) electrons. The molecular formula is C17H23N3OS. The fourth-order valence-corrected chi connectivity index (χ4v) is 3.94. The van der Waals surface area contributed by atoms with E-state index in [-0.39, 0.29) is 0 Å². The Bertz CT molecular complexity index is 620. The molecule has 0 aliphatic heterocycles. The predicted octanol–water partition coefficient (Wildman–Crippen LogP) is 4.02. The normalized spacial score (nSPS) is 15.7. The molecule has 0 saturated heterocycles.